The number of rotatable bonds is 7. The van der Waals surface area contributed by atoms with E-state index in [0.29, 0.717) is 31.4 Å². The first kappa shape index (κ1) is 24.2. The zero-order chi connectivity index (χ0) is 24.4. The monoisotopic (exact) mass is 471 g/mol. The maximum Gasteiger partial charge on any atom is 0.417 e. The number of nitrogens with one attached hydrogen (secondary N) is 1. The summed E-state index contributed by atoms with van der Waals surface area (Å²) >= 11 is 0. The summed E-state index contributed by atoms with van der Waals surface area (Å²) in [5, 5.41) is 2.96. The number of halogens is 6. The van der Waals surface area contributed by atoms with Gasteiger partial charge in [0.25, 0.3) is 5.91 Å². The first-order valence-corrected chi connectivity index (χ1v) is 9.87. The minimum atomic E-state index is -5.20. The van der Waals surface area contributed by atoms with Crippen molar-refractivity contribution in [2.24, 2.45) is 5.73 Å². The average Bonchev–Trinajstić information content (AvgIpc) is 2.74. The van der Waals surface area contributed by atoms with Gasteiger partial charge in [-0.2, -0.15) is 26.3 Å². The first-order valence-electron chi connectivity index (χ1n) is 9.87. The summed E-state index contributed by atoms with van der Waals surface area (Å²) < 4.78 is 79.8. The second-order valence-electron chi connectivity index (χ2n) is 7.28. The van der Waals surface area contributed by atoms with Gasteiger partial charge in [0.05, 0.1) is 22.7 Å². The third-order valence-corrected chi connectivity index (χ3v) is 5.00. The van der Waals surface area contributed by atoms with Crippen LogP contribution < -0.4 is 11.1 Å². The zero-order valence-electron chi connectivity index (χ0n) is 17.3. The summed E-state index contributed by atoms with van der Waals surface area (Å²) in [5.41, 5.74) is 2.19. The van der Waals surface area contributed by atoms with Crippen LogP contribution in [0.1, 0.15) is 59.3 Å². The van der Waals surface area contributed by atoms with E-state index >= 15 is 0 Å². The lowest BCUT2D eigenvalue weighted by Gasteiger charge is -2.23. The molecule has 6 nitrogen and oxygen atoms in total. The number of pyridine rings is 1. The molecule has 2 heterocycles. The van der Waals surface area contributed by atoms with Crippen molar-refractivity contribution in [2.45, 2.75) is 44.6 Å². The van der Waals surface area contributed by atoms with Gasteiger partial charge in [-0.3, -0.25) is 9.78 Å². The molecule has 0 radical (unpaired) electrons. The molecule has 0 aliphatic heterocycles. The number of amides is 1. The molecule has 0 aliphatic rings. The zero-order valence-corrected chi connectivity index (χ0v) is 17.3. The van der Waals surface area contributed by atoms with Gasteiger partial charge in [-0.15, -0.1) is 0 Å². The van der Waals surface area contributed by atoms with E-state index in [1.165, 1.54) is 12.3 Å². The molecule has 12 heteroatoms. The van der Waals surface area contributed by atoms with Gasteiger partial charge in [0.1, 0.15) is 17.4 Å². The number of hydrogen-bond acceptors (Lipinski definition) is 5. The number of nitrogens with two attached hydrogens (primary N) is 1. The smallest absolute Gasteiger partial charge is 0.366 e. The van der Waals surface area contributed by atoms with Crippen LogP contribution in [0.25, 0.3) is 11.0 Å². The van der Waals surface area contributed by atoms with Crippen LogP contribution in [0.3, 0.4) is 0 Å². The second-order valence-corrected chi connectivity index (χ2v) is 7.28. The summed E-state index contributed by atoms with van der Waals surface area (Å²) in [6.07, 6.45) is -6.35. The van der Waals surface area contributed by atoms with Gasteiger partial charge in [0, 0.05) is 6.20 Å². The Hall–Kier alpha value is -3.44. The number of carbonyl (C=O) groups is 1. The van der Waals surface area contributed by atoms with E-state index in [1.807, 2.05) is 6.92 Å². The van der Waals surface area contributed by atoms with Crippen molar-refractivity contribution in [1.82, 2.24) is 15.0 Å². The number of carbonyl (C=O) groups excluding carboxylic acids is 1. The van der Waals surface area contributed by atoms with E-state index in [-0.39, 0.29) is 28.0 Å². The minimum absolute atomic E-state index is 0.00148. The first-order chi connectivity index (χ1) is 15.4. The molecule has 0 fully saturated rings. The van der Waals surface area contributed by atoms with Crippen LogP contribution in [0.2, 0.25) is 0 Å². The van der Waals surface area contributed by atoms with Crippen LogP contribution in [0, 0.1) is 0 Å². The third-order valence-electron chi connectivity index (χ3n) is 5.00. The van der Waals surface area contributed by atoms with Crippen LogP contribution in [-0.2, 0) is 12.4 Å². The lowest BCUT2D eigenvalue weighted by atomic mass is 9.95. The Labute approximate surface area is 184 Å². The van der Waals surface area contributed by atoms with E-state index < -0.39 is 35.4 Å². The molecule has 0 spiro atoms. The molecule has 0 saturated carbocycles. The van der Waals surface area contributed by atoms with Crippen LogP contribution >= 0.6 is 0 Å². The minimum Gasteiger partial charge on any atom is -0.366 e. The Morgan fingerprint density at radius 3 is 2.30 bits per heavy atom. The lowest BCUT2D eigenvalue weighted by Crippen LogP contribution is -2.19. The number of nitrogens with zero attached hydrogens (tertiary/aromatic N) is 3. The molecule has 0 unspecified atom stereocenters. The van der Waals surface area contributed by atoms with Gasteiger partial charge in [-0.1, -0.05) is 25.8 Å². The number of primary amides is 1. The van der Waals surface area contributed by atoms with Crippen molar-refractivity contribution in [2.75, 3.05) is 5.32 Å². The molecule has 0 bridgehead atoms. The topological polar surface area (TPSA) is 93.8 Å². The van der Waals surface area contributed by atoms with Crippen molar-refractivity contribution in [1.29, 1.82) is 0 Å². The highest BCUT2D eigenvalue weighted by Gasteiger charge is 2.43. The van der Waals surface area contributed by atoms with Crippen LogP contribution in [0.4, 0.5) is 32.2 Å². The van der Waals surface area contributed by atoms with Crippen LogP contribution in [0.15, 0.2) is 36.8 Å². The van der Waals surface area contributed by atoms with Crippen molar-refractivity contribution in [3.05, 3.63) is 59.0 Å². The summed E-state index contributed by atoms with van der Waals surface area (Å²) in [6.45, 7) is 1.87. The summed E-state index contributed by atoms with van der Waals surface area (Å²) in [4.78, 5) is 23.9. The Bertz CT molecular complexity index is 1160. The van der Waals surface area contributed by atoms with E-state index in [4.69, 9.17) is 5.73 Å². The lowest BCUT2D eigenvalue weighted by molar-refractivity contribution is -0.162. The number of benzene rings is 1. The van der Waals surface area contributed by atoms with Gasteiger partial charge in [0.15, 0.2) is 5.82 Å². The Morgan fingerprint density at radius 2 is 1.70 bits per heavy atom. The number of aromatic nitrogens is 3. The maximum absolute atomic E-state index is 13.4. The fourth-order valence-corrected chi connectivity index (χ4v) is 3.42. The number of alkyl halides is 6. The fraction of sp³-hybridized carbons (Fsp3) is 0.333. The third kappa shape index (κ3) is 5.32. The highest BCUT2D eigenvalue weighted by Crippen LogP contribution is 2.42. The standard InChI is InChI=1S/C21H19F6N5O/c1-2-3-4-15(11-5-6-13(20(22,23)24)14(9-11)21(25,26)27)32-19-17-16(30-10-31-19)12(18(28)33)7-8-29-17/h5-10,15H,2-4H2,1H3,(H2,28,33)(H,30,31,32)/t15-/m1/s1. The van der Waals surface area contributed by atoms with Gasteiger partial charge < -0.3 is 11.1 Å². The van der Waals surface area contributed by atoms with E-state index in [1.54, 1.807) is 0 Å². The molecule has 1 aromatic carbocycles. The Kier molecular flexibility index (Phi) is 6.75. The number of fused-ring (bicyclic) bond motifs is 1. The SMILES string of the molecule is CCCC[C@@H](Nc1ncnc2c(C(N)=O)ccnc12)c1ccc(C(F)(F)F)c(C(F)(F)F)c1. The molecule has 3 rings (SSSR count). The van der Waals surface area contributed by atoms with Crippen molar-refractivity contribution in [3.8, 4) is 0 Å². The number of anilines is 1. The van der Waals surface area contributed by atoms with E-state index in [0.717, 1.165) is 12.4 Å². The van der Waals surface area contributed by atoms with Crippen LogP contribution in [0.5, 0.6) is 0 Å². The average molecular weight is 471 g/mol. The quantitative estimate of drug-likeness (QED) is 0.444. The van der Waals surface area contributed by atoms with Gasteiger partial charge in [-0.25, -0.2) is 9.97 Å². The molecule has 3 aromatic rings. The highest BCUT2D eigenvalue weighted by atomic mass is 19.4. The maximum atomic E-state index is 13.4. The van der Waals surface area contributed by atoms with Crippen molar-refractivity contribution >= 4 is 22.8 Å². The largest absolute Gasteiger partial charge is 0.417 e. The molecule has 33 heavy (non-hydrogen) atoms. The molecule has 176 valence electrons. The molecule has 2 aromatic heterocycles. The molecule has 1 atom stereocenters. The van der Waals surface area contributed by atoms with Crippen molar-refractivity contribution < 1.29 is 31.1 Å². The summed E-state index contributed by atoms with van der Waals surface area (Å²) in [6, 6.07) is 2.49. The van der Waals surface area contributed by atoms with Crippen molar-refractivity contribution in [3.63, 3.8) is 0 Å². The Morgan fingerprint density at radius 1 is 1.00 bits per heavy atom. The van der Waals surface area contributed by atoms with Gasteiger partial charge in [-0.05, 0) is 30.2 Å². The van der Waals surface area contributed by atoms with Gasteiger partial charge >= 0.3 is 12.4 Å². The van der Waals surface area contributed by atoms with E-state index in [2.05, 4.69) is 20.3 Å². The van der Waals surface area contributed by atoms with Crippen LogP contribution in [-0.4, -0.2) is 20.9 Å². The summed E-state index contributed by atoms with van der Waals surface area (Å²) in [5.74, 6) is -0.648. The number of hydrogen-bond donors (Lipinski definition) is 2. The molecular formula is C21H19F6N5O. The molecule has 1 amide bonds. The second kappa shape index (κ2) is 9.20. The van der Waals surface area contributed by atoms with E-state index in [9.17, 15) is 31.1 Å². The molecule has 0 saturated heterocycles. The Balaban J connectivity index is 2.10. The highest BCUT2D eigenvalue weighted by molar-refractivity contribution is 6.05. The summed E-state index contributed by atoms with van der Waals surface area (Å²) in [7, 11) is 0. The number of unbranched alkanes of at least 4 members (excludes halogenated alkanes) is 1. The molecular weight excluding hydrogens is 452 g/mol. The normalized spacial score (nSPS) is 13.2. The predicted octanol–water partition coefficient (Wildman–Crippen LogP) is 5.50. The predicted molar refractivity (Wildman–Crippen MR) is 108 cm³/mol. The molecule has 3 N–H and O–H groups in total. The fourth-order valence-electron chi connectivity index (χ4n) is 3.42. The molecule has 0 aliphatic carbocycles. The van der Waals surface area contributed by atoms with Gasteiger partial charge in [0.2, 0.25) is 0 Å².